The van der Waals surface area contributed by atoms with Crippen molar-refractivity contribution in [2.45, 2.75) is 52.4 Å². The lowest BCUT2D eigenvalue weighted by molar-refractivity contribution is 0.590. The average molecular weight is 1240 g/mol. The molecule has 0 aliphatic carbocycles. The fourth-order valence-corrected chi connectivity index (χ4v) is 14.4. The Morgan fingerprint density at radius 2 is 0.729 bits per heavy atom. The van der Waals surface area contributed by atoms with Crippen molar-refractivity contribution in [3.63, 3.8) is 0 Å². The van der Waals surface area contributed by atoms with Gasteiger partial charge in [-0.15, -0.1) is 0 Å². The number of aromatic nitrogens is 6. The fourth-order valence-electron chi connectivity index (χ4n) is 14.4. The van der Waals surface area contributed by atoms with Gasteiger partial charge in [0.1, 0.15) is 0 Å². The summed E-state index contributed by atoms with van der Waals surface area (Å²) in [4.78, 5) is 32.1. The van der Waals surface area contributed by atoms with E-state index < -0.39 is 0 Å². The van der Waals surface area contributed by atoms with Gasteiger partial charge < -0.3 is 14.4 Å². The molecule has 458 valence electrons. The van der Waals surface area contributed by atoms with Crippen molar-refractivity contribution in [2.75, 3.05) is 9.80 Å². The number of fused-ring (bicyclic) bond motifs is 7. The quantitative estimate of drug-likeness (QED) is 0.126. The van der Waals surface area contributed by atoms with Crippen LogP contribution in [0.15, 0.2) is 297 Å². The van der Waals surface area contributed by atoms with E-state index in [0.717, 1.165) is 101 Å². The second-order valence-electron chi connectivity index (χ2n) is 27.3. The van der Waals surface area contributed by atoms with Crippen LogP contribution in [0.2, 0.25) is 0 Å². The Morgan fingerprint density at radius 3 is 1.29 bits per heavy atom. The van der Waals surface area contributed by atoms with Crippen molar-refractivity contribution < 1.29 is 0 Å². The molecule has 9 heteroatoms. The van der Waals surface area contributed by atoms with Crippen molar-refractivity contribution in [1.82, 2.24) is 29.5 Å². The predicted molar refractivity (Wildman–Crippen MR) is 399 cm³/mol. The first kappa shape index (κ1) is 58.0. The molecule has 0 fully saturated rings. The summed E-state index contributed by atoms with van der Waals surface area (Å²) in [5.74, 6) is 2.32. The van der Waals surface area contributed by atoms with Crippen LogP contribution in [-0.4, -0.2) is 36.2 Å². The molecule has 0 unspecified atom stereocenters. The van der Waals surface area contributed by atoms with Gasteiger partial charge in [0.15, 0.2) is 23.3 Å². The van der Waals surface area contributed by atoms with Gasteiger partial charge in [-0.3, -0.25) is 0 Å². The maximum atomic E-state index is 5.82. The van der Waals surface area contributed by atoms with Gasteiger partial charge in [-0.25, -0.2) is 24.9 Å². The number of anilines is 6. The molecule has 12 aromatic carbocycles. The summed E-state index contributed by atoms with van der Waals surface area (Å²) in [6.07, 6.45) is 0. The molecule has 0 spiro atoms. The topological polar surface area (TPSA) is 75.9 Å². The van der Waals surface area contributed by atoms with E-state index in [1.165, 1.54) is 44.0 Å². The third kappa shape index (κ3) is 10.1. The molecular weight excluding hydrogens is 1170 g/mol. The first-order chi connectivity index (χ1) is 46.9. The van der Waals surface area contributed by atoms with Crippen LogP contribution < -0.4 is 26.2 Å². The minimum atomic E-state index is -0.0801. The zero-order valence-electron chi connectivity index (χ0n) is 54.4. The van der Waals surface area contributed by atoms with Crippen LogP contribution >= 0.6 is 0 Å². The molecule has 2 aliphatic heterocycles. The van der Waals surface area contributed by atoms with E-state index >= 15 is 0 Å². The number of para-hydroxylation sites is 4. The van der Waals surface area contributed by atoms with E-state index in [1.54, 1.807) is 0 Å². The van der Waals surface area contributed by atoms with Gasteiger partial charge in [0.05, 0.1) is 33.8 Å². The minimum Gasteiger partial charge on any atom is -0.311 e. The van der Waals surface area contributed by atoms with Crippen LogP contribution in [0.3, 0.4) is 0 Å². The molecule has 2 aliphatic rings. The molecule has 0 atom stereocenters. The highest BCUT2D eigenvalue weighted by Gasteiger charge is 2.44. The summed E-state index contributed by atoms with van der Waals surface area (Å²) in [7, 11) is 0. The van der Waals surface area contributed by atoms with Gasteiger partial charge in [0.25, 0.3) is 6.71 Å². The van der Waals surface area contributed by atoms with Crippen molar-refractivity contribution in [1.29, 1.82) is 0 Å². The molecule has 17 rings (SSSR count). The van der Waals surface area contributed by atoms with Crippen LogP contribution in [0.4, 0.5) is 34.1 Å². The van der Waals surface area contributed by atoms with Gasteiger partial charge in [0.2, 0.25) is 0 Å². The van der Waals surface area contributed by atoms with Crippen LogP contribution in [0.25, 0.3) is 107 Å². The zero-order valence-corrected chi connectivity index (χ0v) is 54.4. The molecule has 0 amide bonds. The summed E-state index contributed by atoms with van der Waals surface area (Å²) in [5, 5.41) is 2.39. The SMILES string of the molecule is CC(C)(C)c1ccc2c(c1)c1cc(C(C)(C)C)ccc1n2-c1ccc(-c2nc(-c3ccccc3)nc(-c3ccccc3)n2)cc1-c1cc(-c2ccccc2)nc(-c2cccc(-c3ccc4c5c3N(c3ccccc3)c3ccccc3B5c3ccccc3N4c3ccccc3)c2)n1. The lowest BCUT2D eigenvalue weighted by Crippen LogP contribution is -2.61. The monoisotopic (exact) mass is 1230 g/mol. The van der Waals surface area contributed by atoms with E-state index in [4.69, 9.17) is 24.9 Å². The second-order valence-corrected chi connectivity index (χ2v) is 27.3. The molecule has 0 saturated carbocycles. The summed E-state index contributed by atoms with van der Waals surface area (Å²) in [6, 6.07) is 107. The molecule has 8 nitrogen and oxygen atoms in total. The van der Waals surface area contributed by atoms with Crippen LogP contribution in [-0.2, 0) is 10.8 Å². The largest absolute Gasteiger partial charge is 0.311 e. The third-order valence-electron chi connectivity index (χ3n) is 19.1. The second kappa shape index (κ2) is 23.0. The van der Waals surface area contributed by atoms with Gasteiger partial charge in [-0.2, -0.15) is 0 Å². The van der Waals surface area contributed by atoms with Crippen LogP contribution in [0.5, 0.6) is 0 Å². The summed E-state index contributed by atoms with van der Waals surface area (Å²) in [5.41, 5.74) is 25.1. The standard InChI is InChI=1S/C87H67BN8/c1-86(2,3)62-44-48-74-67(53-62)68-54-63(87(4,5)6)45-49-75(68)96(74)76-47-43-61(85-92-82(57-29-14-8-15-30-57)91-83(93-85)58-31-16-9-17-32-58)52-69(76)73-55-72(56-27-12-7-13-28-56)89-84(90-73)60-34-26-33-59(51-60)66-46-50-79-80-81(66)95(65-37-20-11-21-38-65)78-42-25-23-40-71(78)88(80)70-39-22-24-41-77(70)94(79)64-35-18-10-19-36-64/h7-55H,1-6H3. The first-order valence-corrected chi connectivity index (χ1v) is 33.1. The molecule has 3 aromatic heterocycles. The van der Waals surface area contributed by atoms with Crippen molar-refractivity contribution in [3.8, 4) is 84.9 Å². The highest BCUT2D eigenvalue weighted by molar-refractivity contribution is 7.00. The van der Waals surface area contributed by atoms with E-state index in [2.05, 4.69) is 317 Å². The van der Waals surface area contributed by atoms with Gasteiger partial charge in [-0.1, -0.05) is 242 Å². The molecule has 15 aromatic rings. The maximum absolute atomic E-state index is 5.82. The van der Waals surface area contributed by atoms with Crippen LogP contribution in [0.1, 0.15) is 52.7 Å². The lowest BCUT2D eigenvalue weighted by atomic mass is 9.33. The minimum absolute atomic E-state index is 0.0492. The Bertz CT molecular complexity index is 5370. The highest BCUT2D eigenvalue weighted by Crippen LogP contribution is 2.49. The molecule has 0 radical (unpaired) electrons. The highest BCUT2D eigenvalue weighted by atomic mass is 15.2. The Hall–Kier alpha value is -11.8. The van der Waals surface area contributed by atoms with Gasteiger partial charge in [-0.05, 0) is 141 Å². The van der Waals surface area contributed by atoms with Gasteiger partial charge >= 0.3 is 0 Å². The van der Waals surface area contributed by atoms with Crippen molar-refractivity contribution in [2.24, 2.45) is 0 Å². The third-order valence-corrected chi connectivity index (χ3v) is 19.1. The summed E-state index contributed by atoms with van der Waals surface area (Å²) < 4.78 is 2.44. The molecule has 96 heavy (non-hydrogen) atoms. The molecule has 0 bridgehead atoms. The number of rotatable bonds is 10. The smallest absolute Gasteiger partial charge is 0.252 e. The Balaban J connectivity index is 0.914. The molecule has 0 N–H and O–H groups in total. The lowest BCUT2D eigenvalue weighted by Gasteiger charge is -2.45. The van der Waals surface area contributed by atoms with E-state index in [1.807, 2.05) is 36.4 Å². The zero-order chi connectivity index (χ0) is 64.8. The summed E-state index contributed by atoms with van der Waals surface area (Å²) >= 11 is 0. The van der Waals surface area contributed by atoms with E-state index in [0.29, 0.717) is 23.3 Å². The summed E-state index contributed by atoms with van der Waals surface area (Å²) in [6.45, 7) is 13.7. The van der Waals surface area contributed by atoms with Crippen molar-refractivity contribution in [3.05, 3.63) is 308 Å². The molecular formula is C87H67BN8. The number of hydrogen-bond acceptors (Lipinski definition) is 7. The normalized spacial score (nSPS) is 12.6. The molecule has 5 heterocycles. The number of benzene rings is 12. The van der Waals surface area contributed by atoms with Crippen molar-refractivity contribution >= 4 is 79.0 Å². The number of hydrogen-bond donors (Lipinski definition) is 0. The first-order valence-electron chi connectivity index (χ1n) is 33.1. The van der Waals surface area contributed by atoms with E-state index in [-0.39, 0.29) is 17.5 Å². The fraction of sp³-hybridized carbons (Fsp3) is 0.0920. The number of nitrogens with zero attached hydrogens (tertiary/aromatic N) is 8. The Labute approximate surface area is 560 Å². The maximum Gasteiger partial charge on any atom is 0.252 e. The Morgan fingerprint density at radius 1 is 0.292 bits per heavy atom. The van der Waals surface area contributed by atoms with Gasteiger partial charge in [0, 0.05) is 78.2 Å². The average Bonchev–Trinajstić information content (AvgIpc) is 0.932. The Kier molecular flexibility index (Phi) is 13.9. The molecule has 0 saturated heterocycles. The van der Waals surface area contributed by atoms with Crippen LogP contribution in [0, 0.1) is 0 Å². The van der Waals surface area contributed by atoms with E-state index in [9.17, 15) is 0 Å². The predicted octanol–water partition coefficient (Wildman–Crippen LogP) is 20.1.